The van der Waals surface area contributed by atoms with Crippen LogP contribution in [0.1, 0.15) is 85.9 Å². The summed E-state index contributed by atoms with van der Waals surface area (Å²) in [4.78, 5) is 4.71. The van der Waals surface area contributed by atoms with E-state index in [4.69, 9.17) is 0 Å². The summed E-state index contributed by atoms with van der Waals surface area (Å²) in [6.07, 6.45) is 0. The van der Waals surface area contributed by atoms with Crippen LogP contribution in [0.5, 0.6) is 5.75 Å². The maximum Gasteiger partial charge on any atom is 0.123 e. The Morgan fingerprint density at radius 1 is 0.857 bits per heavy atom. The van der Waals surface area contributed by atoms with E-state index in [1.54, 1.807) is 0 Å². The molecule has 28 heavy (non-hydrogen) atoms. The van der Waals surface area contributed by atoms with E-state index in [0.29, 0.717) is 17.8 Å². The van der Waals surface area contributed by atoms with Crippen LogP contribution in [0.15, 0.2) is 12.1 Å². The van der Waals surface area contributed by atoms with E-state index in [1.165, 1.54) is 5.56 Å². The van der Waals surface area contributed by atoms with Crippen molar-refractivity contribution in [3.8, 4) is 5.75 Å². The predicted molar refractivity (Wildman–Crippen MR) is 123 cm³/mol. The van der Waals surface area contributed by atoms with Crippen LogP contribution in [-0.2, 0) is 17.4 Å². The zero-order valence-electron chi connectivity index (χ0n) is 20.9. The largest absolute Gasteiger partial charge is 0.507 e. The maximum atomic E-state index is 11.2. The highest BCUT2D eigenvalue weighted by atomic mass is 16.3. The number of aromatic hydroxyl groups is 1. The van der Waals surface area contributed by atoms with Crippen molar-refractivity contribution >= 4 is 0 Å². The van der Waals surface area contributed by atoms with Crippen LogP contribution in [0.4, 0.5) is 0 Å². The van der Waals surface area contributed by atoms with Crippen LogP contribution >= 0.6 is 0 Å². The van der Waals surface area contributed by atoms with Gasteiger partial charge in [0.05, 0.1) is 0 Å². The number of hydrogen-bond donors (Lipinski definition) is 1. The fourth-order valence-electron chi connectivity index (χ4n) is 4.22. The minimum absolute atomic E-state index is 0.0430. The Bertz CT molecular complexity index is 657. The summed E-state index contributed by atoms with van der Waals surface area (Å²) in [5.74, 6) is 0.456. The molecule has 0 aliphatic heterocycles. The molecule has 0 saturated heterocycles. The number of phenolic OH excluding ortho intramolecular Hbond substituents is 1. The summed E-state index contributed by atoms with van der Waals surface area (Å²) in [6, 6.07) is 5.17. The summed E-state index contributed by atoms with van der Waals surface area (Å²) < 4.78 is 0. The molecule has 0 spiro atoms. The van der Waals surface area contributed by atoms with Crippen LogP contribution < -0.4 is 0 Å². The van der Waals surface area contributed by atoms with Crippen molar-refractivity contribution in [1.82, 2.24) is 9.80 Å². The van der Waals surface area contributed by atoms with Gasteiger partial charge < -0.3 is 10.0 Å². The zero-order chi connectivity index (χ0) is 22.2. The average molecular weight is 391 g/mol. The number of nitrogens with zero attached hydrogens (tertiary/aromatic N) is 2. The van der Waals surface area contributed by atoms with Gasteiger partial charge in [-0.2, -0.15) is 0 Å². The lowest BCUT2D eigenvalue weighted by atomic mass is 9.78. The van der Waals surface area contributed by atoms with Gasteiger partial charge in [0.15, 0.2) is 0 Å². The molecule has 1 aromatic carbocycles. The molecule has 0 unspecified atom stereocenters. The Kier molecular flexibility index (Phi) is 7.45. The highest BCUT2D eigenvalue weighted by Crippen LogP contribution is 2.39. The van der Waals surface area contributed by atoms with Crippen LogP contribution in [0, 0.1) is 5.41 Å². The van der Waals surface area contributed by atoms with Gasteiger partial charge in [-0.15, -0.1) is 0 Å². The zero-order valence-corrected chi connectivity index (χ0v) is 20.9. The van der Waals surface area contributed by atoms with Crippen LogP contribution in [0.2, 0.25) is 0 Å². The molecule has 1 N–H and O–H groups in total. The minimum atomic E-state index is -0.0982. The van der Waals surface area contributed by atoms with Crippen molar-refractivity contribution < 1.29 is 5.11 Å². The molecule has 0 amide bonds. The lowest BCUT2D eigenvalue weighted by Crippen LogP contribution is -2.53. The molecule has 0 bridgehead atoms. The Morgan fingerprint density at radius 3 is 1.71 bits per heavy atom. The molecule has 2 atom stereocenters. The number of hydrogen-bond acceptors (Lipinski definition) is 3. The van der Waals surface area contributed by atoms with Gasteiger partial charge >= 0.3 is 0 Å². The SMILES string of the molecule is C[C@H]([C@H](N(C)Cc1cc(C(C)(C)C)cc(C(C)(C)C)c1O)C(C)(C)C)N(C)C. The van der Waals surface area contributed by atoms with Gasteiger partial charge in [-0.3, -0.25) is 4.90 Å². The first-order valence-electron chi connectivity index (χ1n) is 10.6. The second-order valence-electron chi connectivity index (χ2n) is 12.0. The molecule has 1 aromatic rings. The molecule has 0 radical (unpaired) electrons. The molecule has 0 aromatic heterocycles. The number of rotatable bonds is 5. The van der Waals surface area contributed by atoms with E-state index in [0.717, 1.165) is 17.7 Å². The molecule has 0 aliphatic rings. The highest BCUT2D eigenvalue weighted by molar-refractivity contribution is 5.48. The van der Waals surface area contributed by atoms with Gasteiger partial charge in [0.25, 0.3) is 0 Å². The number of phenols is 1. The van der Waals surface area contributed by atoms with Crippen molar-refractivity contribution in [2.24, 2.45) is 5.41 Å². The molecule has 0 heterocycles. The van der Waals surface area contributed by atoms with E-state index in [1.807, 2.05) is 0 Å². The molecule has 0 aliphatic carbocycles. The smallest absolute Gasteiger partial charge is 0.123 e. The number of benzene rings is 1. The van der Waals surface area contributed by atoms with E-state index in [2.05, 4.69) is 112 Å². The summed E-state index contributed by atoms with van der Waals surface area (Å²) in [5.41, 5.74) is 3.42. The Morgan fingerprint density at radius 2 is 1.36 bits per heavy atom. The third-order valence-corrected chi connectivity index (χ3v) is 5.92. The molecular weight excluding hydrogens is 344 g/mol. The Labute approximate surface area is 175 Å². The van der Waals surface area contributed by atoms with Crippen molar-refractivity contribution in [2.75, 3.05) is 21.1 Å². The monoisotopic (exact) mass is 390 g/mol. The van der Waals surface area contributed by atoms with E-state index in [9.17, 15) is 5.11 Å². The van der Waals surface area contributed by atoms with Gasteiger partial charge in [0.1, 0.15) is 5.75 Å². The Hall–Kier alpha value is -1.06. The molecular formula is C25H46N2O. The van der Waals surface area contributed by atoms with E-state index < -0.39 is 0 Å². The van der Waals surface area contributed by atoms with Crippen molar-refractivity contribution in [3.63, 3.8) is 0 Å². The fourth-order valence-corrected chi connectivity index (χ4v) is 4.22. The van der Waals surface area contributed by atoms with Gasteiger partial charge in [-0.25, -0.2) is 0 Å². The van der Waals surface area contributed by atoms with E-state index >= 15 is 0 Å². The topological polar surface area (TPSA) is 26.7 Å². The lowest BCUT2D eigenvalue weighted by molar-refractivity contribution is 0.0514. The maximum absolute atomic E-state index is 11.2. The third-order valence-electron chi connectivity index (χ3n) is 5.92. The third kappa shape index (κ3) is 5.97. The van der Waals surface area contributed by atoms with Crippen LogP contribution in [-0.4, -0.2) is 48.1 Å². The summed E-state index contributed by atoms with van der Waals surface area (Å²) in [5, 5.41) is 11.2. The first-order valence-corrected chi connectivity index (χ1v) is 10.6. The van der Waals surface area contributed by atoms with Crippen LogP contribution in [0.25, 0.3) is 0 Å². The second-order valence-corrected chi connectivity index (χ2v) is 12.0. The van der Waals surface area contributed by atoms with Crippen molar-refractivity contribution in [1.29, 1.82) is 0 Å². The summed E-state index contributed by atoms with van der Waals surface area (Å²) >= 11 is 0. The second kappa shape index (κ2) is 8.36. The average Bonchev–Trinajstić information content (AvgIpc) is 2.45. The van der Waals surface area contributed by atoms with Gasteiger partial charge in [0, 0.05) is 24.2 Å². The number of likely N-dealkylation sites (N-methyl/N-ethyl adjacent to an activating group) is 2. The molecule has 0 fully saturated rings. The summed E-state index contributed by atoms with van der Waals surface area (Å²) in [6.45, 7) is 23.2. The Balaban J connectivity index is 3.46. The molecule has 3 nitrogen and oxygen atoms in total. The molecule has 3 heteroatoms. The predicted octanol–water partition coefficient (Wildman–Crippen LogP) is 5.78. The van der Waals surface area contributed by atoms with Gasteiger partial charge in [-0.1, -0.05) is 74.4 Å². The first kappa shape index (κ1) is 25.0. The fraction of sp³-hybridized carbons (Fsp3) is 0.760. The van der Waals surface area contributed by atoms with Crippen molar-refractivity contribution in [3.05, 3.63) is 28.8 Å². The first-order chi connectivity index (χ1) is 12.4. The van der Waals surface area contributed by atoms with Gasteiger partial charge in [0.2, 0.25) is 0 Å². The van der Waals surface area contributed by atoms with E-state index in [-0.39, 0.29) is 16.2 Å². The minimum Gasteiger partial charge on any atom is -0.507 e. The molecule has 0 saturated carbocycles. The quantitative estimate of drug-likeness (QED) is 0.690. The van der Waals surface area contributed by atoms with Crippen LogP contribution in [0.3, 0.4) is 0 Å². The highest BCUT2D eigenvalue weighted by Gasteiger charge is 2.35. The van der Waals surface area contributed by atoms with Gasteiger partial charge in [-0.05, 0) is 55.4 Å². The summed E-state index contributed by atoms with van der Waals surface area (Å²) in [7, 11) is 6.48. The molecule has 162 valence electrons. The lowest BCUT2D eigenvalue weighted by Gasteiger charge is -2.44. The normalized spacial score (nSPS) is 16.0. The standard InChI is InChI=1S/C25H46N2O/c1-17(26(11)12)22(25(8,9)10)27(13)16-18-14-19(23(2,3)4)15-20(21(18)28)24(5,6)7/h14-15,17,22,28H,16H2,1-13H3/t17-,22+/m1/s1. The van der Waals surface area contributed by atoms with Crippen molar-refractivity contribution in [2.45, 2.75) is 98.7 Å². The molecule has 1 rings (SSSR count).